The van der Waals surface area contributed by atoms with Gasteiger partial charge < -0.3 is 9.64 Å². The molecule has 1 aliphatic rings. The van der Waals surface area contributed by atoms with Gasteiger partial charge in [0.05, 0.1) is 37.4 Å². The van der Waals surface area contributed by atoms with Gasteiger partial charge >= 0.3 is 0 Å². The maximum atomic E-state index is 11.9. The van der Waals surface area contributed by atoms with Crippen LogP contribution in [0.15, 0.2) is 36.4 Å². The Morgan fingerprint density at radius 3 is 3.00 bits per heavy atom. The van der Waals surface area contributed by atoms with E-state index < -0.39 is 0 Å². The smallest absolute Gasteiger partial charge is 0.225 e. The molecule has 4 heteroatoms. The average Bonchev–Trinajstić information content (AvgIpc) is 2.64. The highest BCUT2D eigenvalue weighted by atomic mass is 16.5. The van der Waals surface area contributed by atoms with Gasteiger partial charge in [0, 0.05) is 11.9 Å². The van der Waals surface area contributed by atoms with Crippen LogP contribution in [0.1, 0.15) is 12.1 Å². The molecule has 1 aromatic carbocycles. The van der Waals surface area contributed by atoms with E-state index in [0.717, 1.165) is 16.6 Å². The summed E-state index contributed by atoms with van der Waals surface area (Å²) in [5.41, 5.74) is 1.90. The Morgan fingerprint density at radius 2 is 2.05 bits per heavy atom. The largest absolute Gasteiger partial charge is 0.379 e. The van der Waals surface area contributed by atoms with E-state index in [1.165, 1.54) is 0 Å². The Labute approximate surface area is 112 Å². The van der Waals surface area contributed by atoms with Crippen LogP contribution in [0.25, 0.3) is 10.9 Å². The number of benzene rings is 1. The molecule has 0 unspecified atom stereocenters. The second kappa shape index (κ2) is 5.36. The fraction of sp³-hybridized carbons (Fsp3) is 0.333. The minimum absolute atomic E-state index is 0.146. The Morgan fingerprint density at radius 1 is 1.16 bits per heavy atom. The molecule has 1 amide bonds. The molecule has 1 aromatic heterocycles. The quantitative estimate of drug-likeness (QED) is 0.825. The van der Waals surface area contributed by atoms with Crippen LogP contribution in [0.4, 0.5) is 0 Å². The number of aromatic nitrogens is 1. The molecule has 1 saturated heterocycles. The number of fused-ring (bicyclic) bond motifs is 1. The minimum Gasteiger partial charge on any atom is -0.379 e. The Bertz CT molecular complexity index is 597. The van der Waals surface area contributed by atoms with Gasteiger partial charge in [0.2, 0.25) is 5.91 Å². The van der Waals surface area contributed by atoms with E-state index in [1.54, 1.807) is 0 Å². The van der Waals surface area contributed by atoms with Crippen molar-refractivity contribution in [1.29, 1.82) is 0 Å². The summed E-state index contributed by atoms with van der Waals surface area (Å²) in [6.45, 7) is 2.35. The zero-order chi connectivity index (χ0) is 13.1. The fourth-order valence-corrected chi connectivity index (χ4v) is 2.28. The van der Waals surface area contributed by atoms with E-state index in [9.17, 15) is 4.79 Å². The predicted molar refractivity (Wildman–Crippen MR) is 72.6 cm³/mol. The van der Waals surface area contributed by atoms with Crippen LogP contribution >= 0.6 is 0 Å². The fourth-order valence-electron chi connectivity index (χ4n) is 2.28. The van der Waals surface area contributed by atoms with Crippen molar-refractivity contribution in [3.05, 3.63) is 42.1 Å². The third-order valence-electron chi connectivity index (χ3n) is 3.33. The zero-order valence-corrected chi connectivity index (χ0v) is 10.7. The summed E-state index contributed by atoms with van der Waals surface area (Å²) in [5, 5.41) is 1.12. The molecule has 1 aliphatic heterocycles. The lowest BCUT2D eigenvalue weighted by Crippen LogP contribution is -2.31. The van der Waals surface area contributed by atoms with Gasteiger partial charge in [-0.05, 0) is 12.1 Å². The molecule has 19 heavy (non-hydrogen) atoms. The van der Waals surface area contributed by atoms with Crippen LogP contribution in [0, 0.1) is 0 Å². The monoisotopic (exact) mass is 256 g/mol. The molecule has 0 N–H and O–H groups in total. The molecule has 1 fully saturated rings. The van der Waals surface area contributed by atoms with Crippen molar-refractivity contribution in [1.82, 2.24) is 9.88 Å². The van der Waals surface area contributed by atoms with Gasteiger partial charge in [-0.25, -0.2) is 0 Å². The van der Waals surface area contributed by atoms with Gasteiger partial charge in [-0.15, -0.1) is 0 Å². The van der Waals surface area contributed by atoms with Crippen LogP contribution < -0.4 is 0 Å². The van der Waals surface area contributed by atoms with Crippen molar-refractivity contribution >= 4 is 16.8 Å². The summed E-state index contributed by atoms with van der Waals surface area (Å²) in [5.74, 6) is 0.146. The molecule has 2 aromatic rings. The first-order chi connectivity index (χ1) is 9.33. The van der Waals surface area contributed by atoms with Gasteiger partial charge in [0.25, 0.3) is 0 Å². The van der Waals surface area contributed by atoms with Crippen molar-refractivity contribution in [2.24, 2.45) is 0 Å². The molecule has 98 valence electrons. The normalized spacial score (nSPS) is 16.6. The van der Waals surface area contributed by atoms with E-state index in [1.807, 2.05) is 35.2 Å². The topological polar surface area (TPSA) is 42.4 Å². The first kappa shape index (κ1) is 12.1. The molecule has 0 saturated carbocycles. The number of hydrogen-bond acceptors (Lipinski definition) is 3. The highest BCUT2D eigenvalue weighted by Crippen LogP contribution is 2.14. The van der Waals surface area contributed by atoms with E-state index in [4.69, 9.17) is 4.74 Å². The summed E-state index contributed by atoms with van der Waals surface area (Å²) >= 11 is 0. The lowest BCUT2D eigenvalue weighted by molar-refractivity contribution is -0.131. The number of pyridine rings is 1. The average molecular weight is 256 g/mol. The first-order valence-corrected chi connectivity index (χ1v) is 6.53. The number of para-hydroxylation sites is 1. The maximum absolute atomic E-state index is 11.9. The van der Waals surface area contributed by atoms with Crippen molar-refractivity contribution in [3.8, 4) is 0 Å². The third-order valence-corrected chi connectivity index (χ3v) is 3.33. The summed E-state index contributed by atoms with van der Waals surface area (Å²) in [6, 6.07) is 12.0. The number of rotatable bonds is 2. The molecular formula is C15H16N2O2. The van der Waals surface area contributed by atoms with E-state index in [0.29, 0.717) is 32.7 Å². The van der Waals surface area contributed by atoms with E-state index in [2.05, 4.69) is 11.1 Å². The van der Waals surface area contributed by atoms with Crippen molar-refractivity contribution in [3.63, 3.8) is 0 Å². The van der Waals surface area contributed by atoms with Crippen LogP contribution in [-0.2, 0) is 16.1 Å². The minimum atomic E-state index is 0.146. The van der Waals surface area contributed by atoms with Gasteiger partial charge in [-0.2, -0.15) is 0 Å². The number of carbonyl (C=O) groups is 1. The van der Waals surface area contributed by atoms with E-state index >= 15 is 0 Å². The summed E-state index contributed by atoms with van der Waals surface area (Å²) in [7, 11) is 0. The Hall–Kier alpha value is -1.94. The van der Waals surface area contributed by atoms with Gasteiger partial charge in [0.1, 0.15) is 0 Å². The Kier molecular flexibility index (Phi) is 3.42. The maximum Gasteiger partial charge on any atom is 0.225 e. The molecule has 3 rings (SSSR count). The third kappa shape index (κ3) is 2.74. The zero-order valence-electron chi connectivity index (χ0n) is 10.7. The van der Waals surface area contributed by atoms with Crippen molar-refractivity contribution in [2.75, 3.05) is 19.8 Å². The number of carbonyl (C=O) groups excluding carboxylic acids is 1. The molecule has 0 atom stereocenters. The molecule has 0 spiro atoms. The standard InChI is InChI=1S/C15H16N2O2/c18-15-7-9-19-10-8-17(15)11-13-6-5-12-3-1-2-4-14(12)16-13/h1-6H,7-11H2. The van der Waals surface area contributed by atoms with Crippen LogP contribution in [0.3, 0.4) is 0 Å². The highest BCUT2D eigenvalue weighted by Gasteiger charge is 2.17. The second-order valence-electron chi connectivity index (χ2n) is 4.67. The molecule has 0 radical (unpaired) electrons. The van der Waals surface area contributed by atoms with Gasteiger partial charge in [-0.1, -0.05) is 24.3 Å². The van der Waals surface area contributed by atoms with Gasteiger partial charge in [-0.3, -0.25) is 9.78 Å². The summed E-state index contributed by atoms with van der Waals surface area (Å²) in [4.78, 5) is 18.3. The summed E-state index contributed by atoms with van der Waals surface area (Å²) in [6.07, 6.45) is 0.466. The lowest BCUT2D eigenvalue weighted by atomic mass is 10.2. The SMILES string of the molecule is O=C1CCOCCN1Cc1ccc2ccccc2n1. The number of ether oxygens (including phenoxy) is 1. The van der Waals surface area contributed by atoms with Crippen molar-refractivity contribution in [2.45, 2.75) is 13.0 Å². The second-order valence-corrected chi connectivity index (χ2v) is 4.67. The predicted octanol–water partition coefficient (Wildman–Crippen LogP) is 1.98. The summed E-state index contributed by atoms with van der Waals surface area (Å²) < 4.78 is 5.32. The first-order valence-electron chi connectivity index (χ1n) is 6.53. The molecule has 0 aliphatic carbocycles. The van der Waals surface area contributed by atoms with Crippen molar-refractivity contribution < 1.29 is 9.53 Å². The highest BCUT2D eigenvalue weighted by molar-refractivity contribution is 5.79. The molecular weight excluding hydrogens is 240 g/mol. The van der Waals surface area contributed by atoms with E-state index in [-0.39, 0.29) is 5.91 Å². The number of nitrogens with zero attached hydrogens (tertiary/aromatic N) is 2. The van der Waals surface area contributed by atoms with Gasteiger partial charge in [0.15, 0.2) is 0 Å². The lowest BCUT2D eigenvalue weighted by Gasteiger charge is -2.19. The molecule has 2 heterocycles. The van der Waals surface area contributed by atoms with Crippen LogP contribution in [0.2, 0.25) is 0 Å². The number of amides is 1. The molecule has 0 bridgehead atoms. The Balaban J connectivity index is 1.82. The molecule has 4 nitrogen and oxygen atoms in total. The van der Waals surface area contributed by atoms with Crippen LogP contribution in [-0.4, -0.2) is 35.5 Å². The van der Waals surface area contributed by atoms with Crippen LogP contribution in [0.5, 0.6) is 0 Å². The number of hydrogen-bond donors (Lipinski definition) is 0.